The van der Waals surface area contributed by atoms with E-state index in [1.807, 2.05) is 5.38 Å². The number of benzene rings is 2. The summed E-state index contributed by atoms with van der Waals surface area (Å²) in [5.74, 6) is -0.424. The fraction of sp³-hybridized carbons (Fsp3) is 0. The summed E-state index contributed by atoms with van der Waals surface area (Å²) in [4.78, 5) is 13.2. The highest BCUT2D eigenvalue weighted by Crippen LogP contribution is 2.35. The summed E-state index contributed by atoms with van der Waals surface area (Å²) in [6, 6.07) is 9.89. The summed E-state index contributed by atoms with van der Waals surface area (Å²) < 4.78 is 15.4. The van der Waals surface area contributed by atoms with Crippen molar-refractivity contribution in [2.45, 2.75) is 0 Å². The molecule has 0 radical (unpaired) electrons. The molecule has 1 aromatic heterocycles. The highest BCUT2D eigenvalue weighted by atomic mass is 79.9. The first-order chi connectivity index (χ1) is 9.59. The number of rotatable bonds is 2. The van der Waals surface area contributed by atoms with Gasteiger partial charge >= 0.3 is 0 Å². The van der Waals surface area contributed by atoms with Crippen LogP contribution in [-0.2, 0) is 0 Å². The fourth-order valence-corrected chi connectivity index (χ4v) is 4.16. The molecule has 1 heterocycles. The molecular weight excluding hydrogens is 407 g/mol. The Morgan fingerprint density at radius 3 is 2.40 bits per heavy atom. The van der Waals surface area contributed by atoms with Crippen LogP contribution in [-0.4, -0.2) is 5.78 Å². The molecule has 0 saturated carbocycles. The molecule has 0 spiro atoms. The van der Waals surface area contributed by atoms with Crippen molar-refractivity contribution in [2.24, 2.45) is 0 Å². The number of hydrogen-bond donors (Lipinski definition) is 0. The summed E-state index contributed by atoms with van der Waals surface area (Å²) in [6.07, 6.45) is 0. The minimum Gasteiger partial charge on any atom is -0.288 e. The van der Waals surface area contributed by atoms with Crippen molar-refractivity contribution in [3.63, 3.8) is 0 Å². The standard InChI is InChI=1S/C15H7Br2FOS/c16-11-7-20-15(13(11)17)14(19)10-5-6-12(18)9-4-2-1-3-8(9)10/h1-7H. The molecule has 0 unspecified atom stereocenters. The van der Waals surface area contributed by atoms with E-state index in [2.05, 4.69) is 31.9 Å². The topological polar surface area (TPSA) is 17.1 Å². The summed E-state index contributed by atoms with van der Waals surface area (Å²) in [6.45, 7) is 0. The SMILES string of the molecule is O=C(c1scc(Br)c1Br)c1ccc(F)c2ccccc12. The van der Waals surface area contributed by atoms with Crippen molar-refractivity contribution in [3.8, 4) is 0 Å². The van der Waals surface area contributed by atoms with Gasteiger partial charge in [0.2, 0.25) is 5.78 Å². The smallest absolute Gasteiger partial charge is 0.204 e. The zero-order valence-corrected chi connectivity index (χ0v) is 14.0. The quantitative estimate of drug-likeness (QED) is 0.485. The zero-order chi connectivity index (χ0) is 14.3. The Kier molecular flexibility index (Phi) is 3.75. The first kappa shape index (κ1) is 13.9. The molecule has 0 bridgehead atoms. The molecule has 100 valence electrons. The van der Waals surface area contributed by atoms with Crippen LogP contribution < -0.4 is 0 Å². The number of carbonyl (C=O) groups excluding carboxylic acids is 1. The number of thiophene rings is 1. The summed E-state index contributed by atoms with van der Waals surface area (Å²) in [5, 5.41) is 2.95. The predicted octanol–water partition coefficient (Wildman–Crippen LogP) is 5.80. The van der Waals surface area contributed by atoms with Crippen molar-refractivity contribution in [1.29, 1.82) is 0 Å². The van der Waals surface area contributed by atoms with E-state index in [1.165, 1.54) is 17.4 Å². The Morgan fingerprint density at radius 1 is 1.05 bits per heavy atom. The molecular formula is C15H7Br2FOS. The number of hydrogen-bond acceptors (Lipinski definition) is 2. The summed E-state index contributed by atoms with van der Waals surface area (Å²) >= 11 is 8.12. The molecule has 1 nitrogen and oxygen atoms in total. The molecule has 3 rings (SSSR count). The molecule has 0 atom stereocenters. The molecule has 2 aromatic carbocycles. The van der Waals surface area contributed by atoms with E-state index < -0.39 is 0 Å². The van der Waals surface area contributed by atoms with Gasteiger partial charge in [-0.1, -0.05) is 24.3 Å². The molecule has 0 aliphatic heterocycles. The van der Waals surface area contributed by atoms with Crippen LogP contribution in [0, 0.1) is 5.82 Å². The summed E-state index contributed by atoms with van der Waals surface area (Å²) in [5.41, 5.74) is 0.511. The molecule has 0 saturated heterocycles. The van der Waals surface area contributed by atoms with Crippen molar-refractivity contribution in [3.05, 3.63) is 67.0 Å². The van der Waals surface area contributed by atoms with Gasteiger partial charge in [0.25, 0.3) is 0 Å². The van der Waals surface area contributed by atoms with E-state index in [4.69, 9.17) is 0 Å². The average molecular weight is 414 g/mol. The molecule has 20 heavy (non-hydrogen) atoms. The van der Waals surface area contributed by atoms with Gasteiger partial charge in [0.15, 0.2) is 0 Å². The largest absolute Gasteiger partial charge is 0.288 e. The van der Waals surface area contributed by atoms with Crippen molar-refractivity contribution >= 4 is 59.8 Å². The lowest BCUT2D eigenvalue weighted by molar-refractivity contribution is 0.104. The van der Waals surface area contributed by atoms with E-state index in [0.29, 0.717) is 21.2 Å². The van der Waals surface area contributed by atoms with Gasteiger partial charge in [0, 0.05) is 20.8 Å². The van der Waals surface area contributed by atoms with Crippen LogP contribution in [0.25, 0.3) is 10.8 Å². The minimum atomic E-state index is -0.316. The van der Waals surface area contributed by atoms with Crippen LogP contribution in [0.5, 0.6) is 0 Å². The lowest BCUT2D eigenvalue weighted by Crippen LogP contribution is -2.01. The van der Waals surface area contributed by atoms with Crippen LogP contribution in [0.4, 0.5) is 4.39 Å². The Labute approximate surface area is 135 Å². The van der Waals surface area contributed by atoms with Gasteiger partial charge in [-0.3, -0.25) is 4.79 Å². The Hall–Kier alpha value is -1.04. The van der Waals surface area contributed by atoms with Gasteiger partial charge in [0.05, 0.1) is 9.35 Å². The predicted molar refractivity (Wildman–Crippen MR) is 87.1 cm³/mol. The highest BCUT2D eigenvalue weighted by Gasteiger charge is 2.19. The van der Waals surface area contributed by atoms with Crippen molar-refractivity contribution in [1.82, 2.24) is 0 Å². The van der Waals surface area contributed by atoms with Crippen LogP contribution in [0.3, 0.4) is 0 Å². The zero-order valence-electron chi connectivity index (χ0n) is 9.99. The lowest BCUT2D eigenvalue weighted by Gasteiger charge is -2.06. The third kappa shape index (κ3) is 2.24. The molecule has 5 heteroatoms. The summed E-state index contributed by atoms with van der Waals surface area (Å²) in [7, 11) is 0. The van der Waals surface area contributed by atoms with E-state index in [-0.39, 0.29) is 11.6 Å². The first-order valence-corrected chi connectivity index (χ1v) is 8.20. The maximum atomic E-state index is 13.8. The number of fused-ring (bicyclic) bond motifs is 1. The van der Waals surface area contributed by atoms with Crippen LogP contribution in [0.1, 0.15) is 15.2 Å². The average Bonchev–Trinajstić information content (AvgIpc) is 2.79. The molecule has 0 aliphatic rings. The molecule has 3 aromatic rings. The van der Waals surface area contributed by atoms with Crippen molar-refractivity contribution < 1.29 is 9.18 Å². The van der Waals surface area contributed by atoms with E-state index in [1.54, 1.807) is 30.3 Å². The fourth-order valence-electron chi connectivity index (χ4n) is 2.06. The van der Waals surface area contributed by atoms with Crippen molar-refractivity contribution in [2.75, 3.05) is 0 Å². The van der Waals surface area contributed by atoms with Crippen LogP contribution in [0.15, 0.2) is 50.7 Å². The van der Waals surface area contributed by atoms with E-state index in [9.17, 15) is 9.18 Å². The molecule has 0 amide bonds. The van der Waals surface area contributed by atoms with Gasteiger partial charge in [-0.05, 0) is 49.4 Å². The normalized spacial score (nSPS) is 10.9. The van der Waals surface area contributed by atoms with Gasteiger partial charge in [0.1, 0.15) is 5.82 Å². The maximum Gasteiger partial charge on any atom is 0.204 e. The minimum absolute atomic E-state index is 0.108. The second kappa shape index (κ2) is 5.39. The van der Waals surface area contributed by atoms with Crippen LogP contribution in [0.2, 0.25) is 0 Å². The molecule has 0 aliphatic carbocycles. The molecule has 0 fully saturated rings. The monoisotopic (exact) mass is 412 g/mol. The highest BCUT2D eigenvalue weighted by molar-refractivity contribution is 9.13. The van der Waals surface area contributed by atoms with Gasteiger partial charge in [-0.15, -0.1) is 11.3 Å². The lowest BCUT2D eigenvalue weighted by atomic mass is 10.0. The Balaban J connectivity index is 2.23. The maximum absolute atomic E-state index is 13.8. The first-order valence-electron chi connectivity index (χ1n) is 5.74. The second-order valence-corrected chi connectivity index (χ2v) is 6.72. The van der Waals surface area contributed by atoms with Crippen LogP contribution >= 0.6 is 43.2 Å². The van der Waals surface area contributed by atoms with E-state index in [0.717, 1.165) is 8.95 Å². The third-order valence-corrected chi connectivity index (χ3v) is 6.54. The van der Waals surface area contributed by atoms with Gasteiger partial charge < -0.3 is 0 Å². The Morgan fingerprint density at radius 2 is 1.75 bits per heavy atom. The Bertz CT molecular complexity index is 826. The molecule has 0 N–H and O–H groups in total. The number of ketones is 1. The van der Waals surface area contributed by atoms with Gasteiger partial charge in [-0.25, -0.2) is 4.39 Å². The van der Waals surface area contributed by atoms with Gasteiger partial charge in [-0.2, -0.15) is 0 Å². The second-order valence-electron chi connectivity index (χ2n) is 4.20. The van der Waals surface area contributed by atoms with E-state index >= 15 is 0 Å². The number of carbonyl (C=O) groups is 1. The number of halogens is 3. The third-order valence-electron chi connectivity index (χ3n) is 3.01.